The highest BCUT2D eigenvalue weighted by Gasteiger charge is 2.42. The Labute approximate surface area is 171 Å². The molecular formula is C21H28N6O2. The summed E-state index contributed by atoms with van der Waals surface area (Å²) in [5.74, 6) is 2.26. The Morgan fingerprint density at radius 1 is 1.28 bits per heavy atom. The highest BCUT2D eigenvalue weighted by molar-refractivity contribution is 5.76. The molecule has 4 heterocycles. The summed E-state index contributed by atoms with van der Waals surface area (Å²) >= 11 is 0. The van der Waals surface area contributed by atoms with Crippen molar-refractivity contribution in [2.75, 3.05) is 44.7 Å². The van der Waals surface area contributed by atoms with Crippen LogP contribution in [0.5, 0.6) is 0 Å². The Bertz CT molecular complexity index is 880. The van der Waals surface area contributed by atoms with Crippen molar-refractivity contribution in [3.8, 4) is 11.5 Å². The normalized spacial score (nSPS) is 23.4. The molecule has 1 atom stereocenters. The molecule has 0 bridgehead atoms. The molecule has 2 saturated heterocycles. The van der Waals surface area contributed by atoms with Gasteiger partial charge in [0.15, 0.2) is 5.82 Å². The van der Waals surface area contributed by atoms with Crippen LogP contribution in [0.1, 0.15) is 25.1 Å². The van der Waals surface area contributed by atoms with Gasteiger partial charge in [-0.2, -0.15) is 4.98 Å². The van der Waals surface area contributed by atoms with Crippen molar-refractivity contribution in [2.45, 2.75) is 31.7 Å². The van der Waals surface area contributed by atoms with E-state index in [2.05, 4.69) is 38.6 Å². The molecule has 0 aliphatic carbocycles. The molecule has 0 N–H and O–H groups in total. The highest BCUT2D eigenvalue weighted by atomic mass is 16.5. The van der Waals surface area contributed by atoms with Gasteiger partial charge in [0.1, 0.15) is 5.82 Å². The third kappa shape index (κ3) is 3.89. The van der Waals surface area contributed by atoms with Crippen LogP contribution in [-0.2, 0) is 4.79 Å². The fourth-order valence-electron chi connectivity index (χ4n) is 4.35. The maximum Gasteiger partial charge on any atom is 0.259 e. The van der Waals surface area contributed by atoms with Crippen molar-refractivity contribution in [3.05, 3.63) is 36.8 Å². The number of carbonyl (C=O) groups is 1. The van der Waals surface area contributed by atoms with Gasteiger partial charge < -0.3 is 14.3 Å². The minimum Gasteiger partial charge on any atom is -0.353 e. The van der Waals surface area contributed by atoms with Crippen LogP contribution < -0.4 is 4.90 Å². The molecule has 1 spiro atoms. The van der Waals surface area contributed by atoms with Gasteiger partial charge in [0.25, 0.3) is 5.89 Å². The quantitative estimate of drug-likeness (QED) is 0.733. The number of likely N-dealkylation sites (N-methyl/N-ethyl adjacent to an activating group) is 1. The second kappa shape index (κ2) is 7.94. The van der Waals surface area contributed by atoms with Gasteiger partial charge in [0.2, 0.25) is 5.91 Å². The highest BCUT2D eigenvalue weighted by Crippen LogP contribution is 2.33. The van der Waals surface area contributed by atoms with E-state index < -0.39 is 0 Å². The van der Waals surface area contributed by atoms with Gasteiger partial charge in [-0.1, -0.05) is 11.2 Å². The zero-order valence-electron chi connectivity index (χ0n) is 17.2. The Kier molecular flexibility index (Phi) is 5.36. The van der Waals surface area contributed by atoms with Crippen LogP contribution >= 0.6 is 0 Å². The Hall–Kier alpha value is -2.74. The van der Waals surface area contributed by atoms with E-state index in [0.29, 0.717) is 24.7 Å². The van der Waals surface area contributed by atoms with Crippen LogP contribution in [-0.4, -0.2) is 76.1 Å². The van der Waals surface area contributed by atoms with E-state index in [1.165, 1.54) is 0 Å². The first-order valence-electron chi connectivity index (χ1n) is 10.1. The number of nitrogens with zero attached hydrogens (tertiary/aromatic N) is 6. The molecule has 2 aromatic heterocycles. The van der Waals surface area contributed by atoms with Crippen molar-refractivity contribution in [2.24, 2.45) is 0 Å². The maximum absolute atomic E-state index is 12.5. The number of hydrogen-bond acceptors (Lipinski definition) is 7. The SMILES string of the molecule is C=CCN1CCC2(CCC1=O)CN(c1ccc(-c3nc(C)no3)cn1)CCN2C. The largest absolute Gasteiger partial charge is 0.353 e. The van der Waals surface area contributed by atoms with Crippen LogP contribution in [0.4, 0.5) is 5.82 Å². The van der Waals surface area contributed by atoms with E-state index in [-0.39, 0.29) is 11.4 Å². The molecule has 2 aromatic rings. The summed E-state index contributed by atoms with van der Waals surface area (Å²) in [6.07, 6.45) is 6.00. The Balaban J connectivity index is 1.51. The number of likely N-dealkylation sites (tertiary alicyclic amines) is 1. The zero-order chi connectivity index (χ0) is 20.4. The summed E-state index contributed by atoms with van der Waals surface area (Å²) in [6, 6.07) is 3.99. The third-order valence-electron chi connectivity index (χ3n) is 6.20. The van der Waals surface area contributed by atoms with Gasteiger partial charge in [-0.05, 0) is 38.9 Å². The number of hydrogen-bond donors (Lipinski definition) is 0. The summed E-state index contributed by atoms with van der Waals surface area (Å²) < 4.78 is 5.23. The number of rotatable bonds is 4. The lowest BCUT2D eigenvalue weighted by atomic mass is 9.86. The number of aryl methyl sites for hydroxylation is 1. The average Bonchev–Trinajstić information content (AvgIpc) is 3.11. The molecule has 29 heavy (non-hydrogen) atoms. The predicted molar refractivity (Wildman–Crippen MR) is 110 cm³/mol. The van der Waals surface area contributed by atoms with E-state index in [9.17, 15) is 4.79 Å². The van der Waals surface area contributed by atoms with Crippen LogP contribution in [0, 0.1) is 6.92 Å². The van der Waals surface area contributed by atoms with Gasteiger partial charge in [-0.3, -0.25) is 9.69 Å². The zero-order valence-corrected chi connectivity index (χ0v) is 17.2. The van der Waals surface area contributed by atoms with Crippen molar-refractivity contribution >= 4 is 11.7 Å². The van der Waals surface area contributed by atoms with Gasteiger partial charge in [-0.25, -0.2) is 4.98 Å². The second-order valence-electron chi connectivity index (χ2n) is 8.00. The second-order valence-corrected chi connectivity index (χ2v) is 8.00. The monoisotopic (exact) mass is 396 g/mol. The molecule has 2 aliphatic heterocycles. The van der Waals surface area contributed by atoms with Crippen LogP contribution in [0.25, 0.3) is 11.5 Å². The minimum absolute atomic E-state index is 0.0201. The standard InChI is InChI=1S/C21H28N6O2/c1-4-10-26-11-9-21(8-7-19(26)28)15-27(13-12-25(21)3)18-6-5-17(14-22-18)20-23-16(2)24-29-20/h4-6,14H,1,7-13,15H2,2-3H3. The van der Waals surface area contributed by atoms with Crippen molar-refractivity contribution < 1.29 is 9.32 Å². The summed E-state index contributed by atoms with van der Waals surface area (Å²) in [4.78, 5) is 28.1. The fourth-order valence-corrected chi connectivity index (χ4v) is 4.35. The number of piperazine rings is 1. The predicted octanol–water partition coefficient (Wildman–Crippen LogP) is 2.13. The molecule has 8 heteroatoms. The van der Waals surface area contributed by atoms with E-state index >= 15 is 0 Å². The van der Waals surface area contributed by atoms with Crippen LogP contribution in [0.3, 0.4) is 0 Å². The molecule has 154 valence electrons. The third-order valence-corrected chi connectivity index (χ3v) is 6.20. The van der Waals surface area contributed by atoms with Crippen molar-refractivity contribution in [3.63, 3.8) is 0 Å². The first-order valence-corrected chi connectivity index (χ1v) is 10.1. The van der Waals surface area contributed by atoms with Gasteiger partial charge in [-0.15, -0.1) is 6.58 Å². The van der Waals surface area contributed by atoms with Crippen molar-refractivity contribution in [1.82, 2.24) is 24.9 Å². The number of carbonyl (C=O) groups excluding carboxylic acids is 1. The average molecular weight is 396 g/mol. The Morgan fingerprint density at radius 2 is 2.14 bits per heavy atom. The van der Waals surface area contributed by atoms with Gasteiger partial charge in [0.05, 0.1) is 5.56 Å². The number of pyridine rings is 1. The lowest BCUT2D eigenvalue weighted by Gasteiger charge is -2.49. The Morgan fingerprint density at radius 3 is 2.83 bits per heavy atom. The molecule has 0 saturated carbocycles. The number of amides is 1. The number of aromatic nitrogens is 3. The van der Waals surface area contributed by atoms with Gasteiger partial charge >= 0.3 is 0 Å². The molecule has 0 aromatic carbocycles. The molecule has 0 radical (unpaired) electrons. The smallest absolute Gasteiger partial charge is 0.259 e. The summed E-state index contributed by atoms with van der Waals surface area (Å²) in [7, 11) is 2.18. The lowest BCUT2D eigenvalue weighted by Crippen LogP contribution is -2.61. The molecule has 1 amide bonds. The fraction of sp³-hybridized carbons (Fsp3) is 0.524. The maximum atomic E-state index is 12.5. The first-order chi connectivity index (χ1) is 14.0. The molecule has 4 rings (SSSR count). The summed E-state index contributed by atoms with van der Waals surface area (Å²) in [5, 5.41) is 3.84. The first kappa shape index (κ1) is 19.6. The van der Waals surface area contributed by atoms with E-state index in [1.807, 2.05) is 23.1 Å². The summed E-state index contributed by atoms with van der Waals surface area (Å²) in [6.45, 7) is 9.70. The van der Waals surface area contributed by atoms with E-state index in [0.717, 1.165) is 50.4 Å². The van der Waals surface area contributed by atoms with Crippen LogP contribution in [0.2, 0.25) is 0 Å². The number of anilines is 1. The molecule has 2 aliphatic rings. The van der Waals surface area contributed by atoms with Crippen molar-refractivity contribution in [1.29, 1.82) is 0 Å². The van der Waals surface area contributed by atoms with E-state index in [4.69, 9.17) is 4.52 Å². The van der Waals surface area contributed by atoms with E-state index in [1.54, 1.807) is 13.1 Å². The molecule has 1 unspecified atom stereocenters. The topological polar surface area (TPSA) is 78.6 Å². The molecule has 2 fully saturated rings. The summed E-state index contributed by atoms with van der Waals surface area (Å²) in [5.41, 5.74) is 0.798. The minimum atomic E-state index is -0.0201. The lowest BCUT2D eigenvalue weighted by molar-refractivity contribution is -0.130. The molecular weight excluding hydrogens is 368 g/mol. The molecule has 8 nitrogen and oxygen atoms in total. The van der Waals surface area contributed by atoms with Gasteiger partial charge in [0, 0.05) is 50.9 Å². The van der Waals surface area contributed by atoms with Crippen LogP contribution in [0.15, 0.2) is 35.5 Å².